The number of carbonyl (C=O) groups excluding carboxylic acids is 1. The molecule has 2 saturated carbocycles. The van der Waals surface area contributed by atoms with Crippen LogP contribution in [0.3, 0.4) is 0 Å². The highest BCUT2D eigenvalue weighted by atomic mass is 16.5. The standard InChI is InChI=1S/C30H42N4O4/c1-19-4-3-12-31-29(19)38-23-7-5-21(6-8-23)9-15-34-25-18-24-20(2)26(24)27(25)28(32-34)30(36)33-13-10-22(11-14-33)37-17-16-35/h3-4,12,20-24,26,35H,5-11,13-18H2,1-2H3. The Kier molecular flexibility index (Phi) is 7.45. The summed E-state index contributed by atoms with van der Waals surface area (Å²) in [5.74, 6) is 3.43. The molecule has 0 radical (unpaired) electrons. The molecule has 1 saturated heterocycles. The van der Waals surface area contributed by atoms with E-state index in [1.807, 2.05) is 11.0 Å². The average Bonchev–Trinajstić information content (AvgIpc) is 3.25. The lowest BCUT2D eigenvalue weighted by atomic mass is 9.85. The average molecular weight is 523 g/mol. The summed E-state index contributed by atoms with van der Waals surface area (Å²) in [6, 6.07) is 4.00. The summed E-state index contributed by atoms with van der Waals surface area (Å²) in [4.78, 5) is 20.0. The molecule has 38 heavy (non-hydrogen) atoms. The number of carbonyl (C=O) groups is 1. The van der Waals surface area contributed by atoms with E-state index in [1.165, 1.54) is 24.1 Å². The maximum atomic E-state index is 13.6. The van der Waals surface area contributed by atoms with E-state index in [-0.39, 0.29) is 24.7 Å². The van der Waals surface area contributed by atoms with E-state index in [9.17, 15) is 4.79 Å². The Balaban J connectivity index is 1.06. The largest absolute Gasteiger partial charge is 0.474 e. The molecule has 3 heterocycles. The molecule has 0 bridgehead atoms. The summed E-state index contributed by atoms with van der Waals surface area (Å²) in [5, 5.41) is 14.0. The Morgan fingerprint density at radius 2 is 1.92 bits per heavy atom. The predicted octanol–water partition coefficient (Wildman–Crippen LogP) is 4.13. The van der Waals surface area contributed by atoms with Gasteiger partial charge >= 0.3 is 0 Å². The van der Waals surface area contributed by atoms with Crippen molar-refractivity contribution in [1.82, 2.24) is 19.7 Å². The van der Waals surface area contributed by atoms with Crippen molar-refractivity contribution < 1.29 is 19.4 Å². The summed E-state index contributed by atoms with van der Waals surface area (Å²) in [5.41, 5.74) is 4.40. The molecule has 8 heteroatoms. The van der Waals surface area contributed by atoms with Crippen molar-refractivity contribution >= 4 is 5.91 Å². The van der Waals surface area contributed by atoms with Crippen LogP contribution in [-0.4, -0.2) is 69.2 Å². The Bertz CT molecular complexity index is 1130. The minimum atomic E-state index is 0.0452. The smallest absolute Gasteiger partial charge is 0.274 e. The fraction of sp³-hybridized carbons (Fsp3) is 0.700. The number of rotatable bonds is 9. The third-order valence-electron chi connectivity index (χ3n) is 9.58. The minimum absolute atomic E-state index is 0.0452. The number of pyridine rings is 1. The summed E-state index contributed by atoms with van der Waals surface area (Å²) in [6.07, 6.45) is 10.5. The van der Waals surface area contributed by atoms with Gasteiger partial charge in [-0.05, 0) is 88.0 Å². The van der Waals surface area contributed by atoms with Gasteiger partial charge in [-0.15, -0.1) is 0 Å². The molecular weight excluding hydrogens is 480 g/mol. The lowest BCUT2D eigenvalue weighted by molar-refractivity contribution is -0.00568. The lowest BCUT2D eigenvalue weighted by Gasteiger charge is -2.31. The Labute approximate surface area is 225 Å². The Morgan fingerprint density at radius 1 is 1.13 bits per heavy atom. The molecule has 3 aliphatic carbocycles. The monoisotopic (exact) mass is 522 g/mol. The number of aryl methyl sites for hydroxylation is 2. The molecule has 6 rings (SSSR count). The van der Waals surface area contributed by atoms with Gasteiger partial charge in [-0.25, -0.2) is 4.98 Å². The van der Waals surface area contributed by atoms with Gasteiger partial charge < -0.3 is 19.5 Å². The number of aliphatic hydroxyl groups is 1. The first-order valence-corrected chi connectivity index (χ1v) is 14.7. The number of aromatic nitrogens is 3. The van der Waals surface area contributed by atoms with Crippen molar-refractivity contribution in [3.05, 3.63) is 40.8 Å². The van der Waals surface area contributed by atoms with Gasteiger partial charge in [0.05, 0.1) is 19.3 Å². The summed E-state index contributed by atoms with van der Waals surface area (Å²) in [7, 11) is 0. The molecule has 3 unspecified atom stereocenters. The zero-order valence-corrected chi connectivity index (χ0v) is 22.8. The van der Waals surface area contributed by atoms with Gasteiger partial charge in [-0.2, -0.15) is 5.10 Å². The van der Waals surface area contributed by atoms with Crippen molar-refractivity contribution in [1.29, 1.82) is 0 Å². The third-order valence-corrected chi connectivity index (χ3v) is 9.58. The molecule has 2 aromatic heterocycles. The molecule has 1 amide bonds. The molecule has 2 aromatic rings. The van der Waals surface area contributed by atoms with Crippen molar-refractivity contribution in [3.63, 3.8) is 0 Å². The molecule has 206 valence electrons. The summed E-state index contributed by atoms with van der Waals surface area (Å²) >= 11 is 0. The highest BCUT2D eigenvalue weighted by Crippen LogP contribution is 2.62. The van der Waals surface area contributed by atoms with Gasteiger partial charge in [0.1, 0.15) is 6.10 Å². The first-order valence-electron chi connectivity index (χ1n) is 14.7. The first-order chi connectivity index (χ1) is 18.5. The van der Waals surface area contributed by atoms with Gasteiger partial charge in [0.15, 0.2) is 5.69 Å². The van der Waals surface area contributed by atoms with Crippen LogP contribution in [0.25, 0.3) is 0 Å². The van der Waals surface area contributed by atoms with Gasteiger partial charge in [-0.1, -0.05) is 13.0 Å². The molecule has 3 atom stereocenters. The van der Waals surface area contributed by atoms with Gasteiger partial charge in [0.25, 0.3) is 5.91 Å². The molecule has 0 aromatic carbocycles. The molecule has 0 spiro atoms. The number of hydrogen-bond donors (Lipinski definition) is 1. The van der Waals surface area contributed by atoms with Gasteiger partial charge in [0.2, 0.25) is 5.88 Å². The van der Waals surface area contributed by atoms with Gasteiger partial charge in [-0.3, -0.25) is 9.48 Å². The predicted molar refractivity (Wildman–Crippen MR) is 143 cm³/mol. The van der Waals surface area contributed by atoms with E-state index >= 15 is 0 Å². The van der Waals surface area contributed by atoms with E-state index in [4.69, 9.17) is 19.7 Å². The number of nitrogens with zero attached hydrogens (tertiary/aromatic N) is 4. The number of aliphatic hydroxyl groups excluding tert-OH is 1. The Morgan fingerprint density at radius 3 is 2.66 bits per heavy atom. The second kappa shape index (κ2) is 11.0. The van der Waals surface area contributed by atoms with Crippen LogP contribution in [0.4, 0.5) is 0 Å². The van der Waals surface area contributed by atoms with Crippen LogP contribution in [0.1, 0.15) is 85.1 Å². The van der Waals surface area contributed by atoms with Crippen LogP contribution in [0, 0.1) is 24.7 Å². The molecule has 3 fully saturated rings. The number of piperidine rings is 1. The summed E-state index contributed by atoms with van der Waals surface area (Å²) in [6.45, 7) is 7.08. The van der Waals surface area contributed by atoms with E-state index in [0.717, 1.165) is 62.2 Å². The SMILES string of the molecule is Cc1cccnc1OC1CCC(CCn2nc(C(=O)N3CCC(OCCO)CC3)c3c2CC2C(C)C32)CC1. The number of hydrogen-bond acceptors (Lipinski definition) is 6. The van der Waals surface area contributed by atoms with Crippen LogP contribution >= 0.6 is 0 Å². The van der Waals surface area contributed by atoms with Crippen molar-refractivity contribution in [2.75, 3.05) is 26.3 Å². The quantitative estimate of drug-likeness (QED) is 0.533. The topological polar surface area (TPSA) is 89.7 Å². The lowest BCUT2D eigenvalue weighted by Crippen LogP contribution is -2.41. The second-order valence-corrected chi connectivity index (χ2v) is 11.9. The van der Waals surface area contributed by atoms with Crippen molar-refractivity contribution in [3.8, 4) is 5.88 Å². The summed E-state index contributed by atoms with van der Waals surface area (Å²) < 4.78 is 14.1. The molecule has 4 aliphatic rings. The molecule has 1 aliphatic heterocycles. The highest BCUT2D eigenvalue weighted by molar-refractivity contribution is 5.95. The van der Waals surface area contributed by atoms with Crippen LogP contribution in [-0.2, 0) is 17.7 Å². The van der Waals surface area contributed by atoms with Crippen molar-refractivity contribution in [2.45, 2.75) is 89.9 Å². The molecule has 8 nitrogen and oxygen atoms in total. The van der Waals surface area contributed by atoms with Crippen molar-refractivity contribution in [2.24, 2.45) is 17.8 Å². The zero-order chi connectivity index (χ0) is 26.2. The first kappa shape index (κ1) is 25.8. The normalized spacial score (nSPS) is 28.7. The minimum Gasteiger partial charge on any atom is -0.474 e. The highest BCUT2D eigenvalue weighted by Gasteiger charge is 2.56. The van der Waals surface area contributed by atoms with E-state index in [0.29, 0.717) is 43.4 Å². The van der Waals surface area contributed by atoms with Gasteiger partial charge in [0, 0.05) is 42.7 Å². The van der Waals surface area contributed by atoms with E-state index in [2.05, 4.69) is 29.6 Å². The fourth-order valence-electron chi connectivity index (χ4n) is 7.17. The van der Waals surface area contributed by atoms with E-state index < -0.39 is 0 Å². The number of likely N-dealkylation sites (tertiary alicyclic amines) is 1. The maximum absolute atomic E-state index is 13.6. The Hall–Kier alpha value is -2.45. The second-order valence-electron chi connectivity index (χ2n) is 11.9. The molecular formula is C30H42N4O4. The zero-order valence-electron chi connectivity index (χ0n) is 22.8. The molecule has 1 N–H and O–H groups in total. The van der Waals surface area contributed by atoms with Crippen LogP contribution in [0.15, 0.2) is 18.3 Å². The maximum Gasteiger partial charge on any atom is 0.274 e. The van der Waals surface area contributed by atoms with Crippen LogP contribution < -0.4 is 4.74 Å². The third kappa shape index (κ3) is 5.09. The fourth-order valence-corrected chi connectivity index (χ4v) is 7.17. The number of amides is 1. The number of ether oxygens (including phenoxy) is 2. The van der Waals surface area contributed by atoms with E-state index in [1.54, 1.807) is 6.20 Å². The number of fused-ring (bicyclic) bond motifs is 3. The van der Waals surface area contributed by atoms with Crippen LogP contribution in [0.2, 0.25) is 0 Å². The van der Waals surface area contributed by atoms with Crippen LogP contribution in [0.5, 0.6) is 5.88 Å².